The fourth-order valence-electron chi connectivity index (χ4n) is 1.99. The molecule has 2 aromatic heterocycles. The predicted octanol–water partition coefficient (Wildman–Crippen LogP) is 3.42. The summed E-state index contributed by atoms with van der Waals surface area (Å²) in [5.74, 6) is 0. The van der Waals surface area contributed by atoms with E-state index in [4.69, 9.17) is 5.73 Å². The Kier molecular flexibility index (Phi) is 2.63. The normalized spacial score (nSPS) is 10.9. The van der Waals surface area contributed by atoms with Gasteiger partial charge >= 0.3 is 0 Å². The van der Waals surface area contributed by atoms with Gasteiger partial charge in [0.05, 0.1) is 0 Å². The zero-order valence-corrected chi connectivity index (χ0v) is 10.1. The zero-order valence-electron chi connectivity index (χ0n) is 9.26. The lowest BCUT2D eigenvalue weighted by Gasteiger charge is -2.03. The lowest BCUT2D eigenvalue weighted by molar-refractivity contribution is 1.11. The molecule has 0 amide bonds. The van der Waals surface area contributed by atoms with Gasteiger partial charge in [0, 0.05) is 29.2 Å². The smallest absolute Gasteiger partial charge is 0.0352 e. The first kappa shape index (κ1) is 10.4. The highest BCUT2D eigenvalue weighted by molar-refractivity contribution is 7.10. The van der Waals surface area contributed by atoms with Gasteiger partial charge in [-0.3, -0.25) is 4.98 Å². The Labute approximate surface area is 104 Å². The van der Waals surface area contributed by atoms with Crippen LogP contribution in [0.5, 0.6) is 0 Å². The first-order valence-corrected chi connectivity index (χ1v) is 6.37. The Hall–Kier alpha value is -1.71. The molecule has 0 atom stereocenters. The number of rotatable bonds is 2. The molecule has 0 aliphatic heterocycles. The number of hydrogen-bond donors (Lipinski definition) is 1. The second-order valence-corrected chi connectivity index (χ2v) is 4.90. The molecular formula is C14H12N2S. The molecule has 0 aliphatic carbocycles. The standard InChI is InChI=1S/C14H12N2S/c15-7-12-6-11(9-17-12)13-3-1-2-10-4-5-16-8-14(10)13/h1-6,8-9H,7,15H2. The second kappa shape index (κ2) is 4.28. The molecule has 1 aromatic carbocycles. The number of hydrogen-bond acceptors (Lipinski definition) is 3. The summed E-state index contributed by atoms with van der Waals surface area (Å²) in [6.07, 6.45) is 3.75. The Morgan fingerprint density at radius 3 is 3.00 bits per heavy atom. The molecule has 3 heteroatoms. The number of nitrogens with zero attached hydrogens (tertiary/aromatic N) is 1. The van der Waals surface area contributed by atoms with Crippen molar-refractivity contribution in [3.63, 3.8) is 0 Å². The molecule has 0 saturated heterocycles. The fraction of sp³-hybridized carbons (Fsp3) is 0.0714. The van der Waals surface area contributed by atoms with Gasteiger partial charge in [-0.1, -0.05) is 18.2 Å². The third-order valence-corrected chi connectivity index (χ3v) is 3.81. The van der Waals surface area contributed by atoms with E-state index in [-0.39, 0.29) is 0 Å². The van der Waals surface area contributed by atoms with Crippen LogP contribution in [-0.4, -0.2) is 4.98 Å². The van der Waals surface area contributed by atoms with Crippen molar-refractivity contribution >= 4 is 22.1 Å². The van der Waals surface area contributed by atoms with Gasteiger partial charge in [0.2, 0.25) is 0 Å². The van der Waals surface area contributed by atoms with Gasteiger partial charge in [0.1, 0.15) is 0 Å². The van der Waals surface area contributed by atoms with Crippen LogP contribution in [-0.2, 0) is 6.54 Å². The minimum absolute atomic E-state index is 0.605. The quantitative estimate of drug-likeness (QED) is 0.745. The predicted molar refractivity (Wildman–Crippen MR) is 72.9 cm³/mol. The third-order valence-electron chi connectivity index (χ3n) is 2.85. The first-order valence-electron chi connectivity index (χ1n) is 5.49. The summed E-state index contributed by atoms with van der Waals surface area (Å²) >= 11 is 1.71. The van der Waals surface area contributed by atoms with Gasteiger partial charge in [-0.15, -0.1) is 11.3 Å². The van der Waals surface area contributed by atoms with Crippen molar-refractivity contribution in [2.45, 2.75) is 6.54 Å². The highest BCUT2D eigenvalue weighted by Gasteiger charge is 2.05. The topological polar surface area (TPSA) is 38.9 Å². The summed E-state index contributed by atoms with van der Waals surface area (Å²) in [5.41, 5.74) is 8.11. The van der Waals surface area contributed by atoms with E-state index >= 15 is 0 Å². The molecule has 0 spiro atoms. The van der Waals surface area contributed by atoms with E-state index in [1.807, 2.05) is 18.5 Å². The number of benzene rings is 1. The molecule has 84 valence electrons. The number of nitrogens with two attached hydrogens (primary N) is 1. The van der Waals surface area contributed by atoms with Gasteiger partial charge in [-0.2, -0.15) is 0 Å². The van der Waals surface area contributed by atoms with Crippen LogP contribution >= 0.6 is 11.3 Å². The second-order valence-electron chi connectivity index (χ2n) is 3.91. The maximum atomic E-state index is 5.65. The average molecular weight is 240 g/mol. The van der Waals surface area contributed by atoms with Crippen molar-refractivity contribution in [3.05, 3.63) is 53.0 Å². The van der Waals surface area contributed by atoms with Crippen LogP contribution in [0.4, 0.5) is 0 Å². The highest BCUT2D eigenvalue weighted by Crippen LogP contribution is 2.31. The maximum absolute atomic E-state index is 5.65. The average Bonchev–Trinajstić information content (AvgIpc) is 2.87. The van der Waals surface area contributed by atoms with Crippen LogP contribution in [0.2, 0.25) is 0 Å². The van der Waals surface area contributed by atoms with Gasteiger partial charge in [-0.25, -0.2) is 0 Å². The van der Waals surface area contributed by atoms with E-state index in [9.17, 15) is 0 Å². The monoisotopic (exact) mass is 240 g/mol. The van der Waals surface area contributed by atoms with Crippen molar-refractivity contribution < 1.29 is 0 Å². The van der Waals surface area contributed by atoms with Crippen LogP contribution < -0.4 is 5.73 Å². The van der Waals surface area contributed by atoms with Crippen molar-refractivity contribution in [1.82, 2.24) is 4.98 Å². The molecule has 2 heterocycles. The SMILES string of the molecule is NCc1cc(-c2cccc3ccncc23)cs1. The van der Waals surface area contributed by atoms with Crippen LogP contribution in [0.1, 0.15) is 4.88 Å². The van der Waals surface area contributed by atoms with E-state index in [1.165, 1.54) is 26.8 Å². The van der Waals surface area contributed by atoms with Crippen molar-refractivity contribution in [1.29, 1.82) is 0 Å². The van der Waals surface area contributed by atoms with Crippen LogP contribution in [0, 0.1) is 0 Å². The molecule has 2 N–H and O–H groups in total. The van der Waals surface area contributed by atoms with Crippen molar-refractivity contribution in [2.24, 2.45) is 5.73 Å². The molecule has 3 rings (SSSR count). The molecule has 0 aliphatic rings. The van der Waals surface area contributed by atoms with Crippen LogP contribution in [0.25, 0.3) is 21.9 Å². The van der Waals surface area contributed by atoms with E-state index in [0.717, 1.165) is 0 Å². The van der Waals surface area contributed by atoms with Gasteiger partial charge in [0.15, 0.2) is 0 Å². The van der Waals surface area contributed by atoms with Gasteiger partial charge in [-0.05, 0) is 34.0 Å². The maximum Gasteiger partial charge on any atom is 0.0352 e. The van der Waals surface area contributed by atoms with E-state index in [1.54, 1.807) is 11.3 Å². The summed E-state index contributed by atoms with van der Waals surface area (Å²) in [6, 6.07) is 10.5. The summed E-state index contributed by atoms with van der Waals surface area (Å²) in [4.78, 5) is 5.41. The lowest BCUT2D eigenvalue weighted by Crippen LogP contribution is -1.91. The van der Waals surface area contributed by atoms with Gasteiger partial charge < -0.3 is 5.73 Å². The number of thiophene rings is 1. The molecule has 0 radical (unpaired) electrons. The number of aromatic nitrogens is 1. The lowest BCUT2D eigenvalue weighted by atomic mass is 10.0. The van der Waals surface area contributed by atoms with Crippen LogP contribution in [0.3, 0.4) is 0 Å². The largest absolute Gasteiger partial charge is 0.326 e. The Balaban J connectivity index is 2.23. The number of pyridine rings is 1. The Morgan fingerprint density at radius 2 is 2.18 bits per heavy atom. The first-order chi connectivity index (χ1) is 8.38. The van der Waals surface area contributed by atoms with Crippen LogP contribution in [0.15, 0.2) is 48.1 Å². The van der Waals surface area contributed by atoms with E-state index < -0.39 is 0 Å². The minimum Gasteiger partial charge on any atom is -0.326 e. The molecule has 0 bridgehead atoms. The van der Waals surface area contributed by atoms with Gasteiger partial charge in [0.25, 0.3) is 0 Å². The zero-order chi connectivity index (χ0) is 11.7. The molecule has 17 heavy (non-hydrogen) atoms. The molecule has 0 saturated carbocycles. The van der Waals surface area contributed by atoms with Crippen molar-refractivity contribution in [3.8, 4) is 11.1 Å². The van der Waals surface area contributed by atoms with E-state index in [0.29, 0.717) is 6.54 Å². The molecule has 2 nitrogen and oxygen atoms in total. The molecule has 0 unspecified atom stereocenters. The third kappa shape index (κ3) is 1.84. The molecular weight excluding hydrogens is 228 g/mol. The number of fused-ring (bicyclic) bond motifs is 1. The summed E-state index contributed by atoms with van der Waals surface area (Å²) in [5, 5.41) is 4.57. The Morgan fingerprint density at radius 1 is 1.24 bits per heavy atom. The summed E-state index contributed by atoms with van der Waals surface area (Å²) < 4.78 is 0. The fourth-order valence-corrected chi connectivity index (χ4v) is 2.76. The molecule has 3 aromatic rings. The summed E-state index contributed by atoms with van der Waals surface area (Å²) in [6.45, 7) is 0.605. The molecule has 0 fully saturated rings. The summed E-state index contributed by atoms with van der Waals surface area (Å²) in [7, 11) is 0. The van der Waals surface area contributed by atoms with E-state index in [2.05, 4.69) is 34.6 Å². The van der Waals surface area contributed by atoms with Crippen molar-refractivity contribution in [2.75, 3.05) is 0 Å². The Bertz CT molecular complexity index is 653. The minimum atomic E-state index is 0.605. The highest BCUT2D eigenvalue weighted by atomic mass is 32.1.